The van der Waals surface area contributed by atoms with Crippen LogP contribution in [-0.4, -0.2) is 4.98 Å². The van der Waals surface area contributed by atoms with Crippen molar-refractivity contribution in [1.29, 1.82) is 0 Å². The molecule has 0 bridgehead atoms. The van der Waals surface area contributed by atoms with Gasteiger partial charge in [0.25, 0.3) is 0 Å². The molecular formula is C11H8Br2F3N3S. The van der Waals surface area contributed by atoms with Crippen LogP contribution < -0.4 is 11.3 Å². The van der Waals surface area contributed by atoms with Crippen LogP contribution in [0.4, 0.5) is 13.2 Å². The number of rotatable bonds is 3. The molecule has 3 N–H and O–H groups in total. The van der Waals surface area contributed by atoms with Crippen molar-refractivity contribution in [3.05, 3.63) is 48.8 Å². The van der Waals surface area contributed by atoms with Crippen LogP contribution in [0.3, 0.4) is 0 Å². The maximum absolute atomic E-state index is 13.0. The Morgan fingerprint density at radius 1 is 1.35 bits per heavy atom. The van der Waals surface area contributed by atoms with Crippen molar-refractivity contribution in [2.45, 2.75) is 12.2 Å². The highest BCUT2D eigenvalue weighted by Crippen LogP contribution is 2.40. The number of halogens is 5. The van der Waals surface area contributed by atoms with Crippen molar-refractivity contribution in [3.63, 3.8) is 0 Å². The molecule has 1 atom stereocenters. The maximum Gasteiger partial charge on any atom is 0.416 e. The average molecular weight is 431 g/mol. The van der Waals surface area contributed by atoms with Crippen LogP contribution >= 0.6 is 43.2 Å². The summed E-state index contributed by atoms with van der Waals surface area (Å²) in [7, 11) is 0. The predicted octanol–water partition coefficient (Wildman–Crippen LogP) is 4.24. The first-order chi connectivity index (χ1) is 9.34. The number of nitrogens with two attached hydrogens (primary N) is 1. The van der Waals surface area contributed by atoms with E-state index in [2.05, 4.69) is 42.3 Å². The van der Waals surface area contributed by atoms with Crippen molar-refractivity contribution in [1.82, 2.24) is 10.4 Å². The lowest BCUT2D eigenvalue weighted by molar-refractivity contribution is -0.138. The molecule has 2 heterocycles. The fourth-order valence-electron chi connectivity index (χ4n) is 1.73. The van der Waals surface area contributed by atoms with E-state index >= 15 is 0 Å². The second-order valence-electron chi connectivity index (χ2n) is 3.83. The summed E-state index contributed by atoms with van der Waals surface area (Å²) in [5.74, 6) is 5.44. The number of pyridine rings is 1. The summed E-state index contributed by atoms with van der Waals surface area (Å²) in [6.07, 6.45) is -2.17. The molecule has 0 aliphatic carbocycles. The van der Waals surface area contributed by atoms with E-state index in [1.54, 1.807) is 6.07 Å². The van der Waals surface area contributed by atoms with Gasteiger partial charge in [-0.1, -0.05) is 0 Å². The van der Waals surface area contributed by atoms with Crippen LogP contribution in [0.25, 0.3) is 0 Å². The molecule has 9 heteroatoms. The van der Waals surface area contributed by atoms with Gasteiger partial charge in [0, 0.05) is 27.3 Å². The molecule has 0 amide bonds. The minimum Gasteiger partial charge on any atom is -0.271 e. The normalized spacial score (nSPS) is 13.5. The fourth-order valence-corrected chi connectivity index (χ4v) is 3.89. The Labute approximate surface area is 133 Å². The number of nitrogens with zero attached hydrogens (tertiary/aromatic N) is 1. The SMILES string of the molecule is NNC(c1cc(Br)c(Br)s1)c1cnccc1C(F)(F)F. The Kier molecular flexibility index (Phi) is 4.85. The molecule has 2 rings (SSSR count). The van der Waals surface area contributed by atoms with Gasteiger partial charge in [-0.25, -0.2) is 5.43 Å². The van der Waals surface area contributed by atoms with Crippen molar-refractivity contribution >= 4 is 43.2 Å². The predicted molar refractivity (Wildman–Crippen MR) is 78.1 cm³/mol. The van der Waals surface area contributed by atoms with Crippen LogP contribution in [-0.2, 0) is 6.18 Å². The molecule has 0 aliphatic rings. The van der Waals surface area contributed by atoms with Gasteiger partial charge >= 0.3 is 6.18 Å². The lowest BCUT2D eigenvalue weighted by Crippen LogP contribution is -2.30. The Morgan fingerprint density at radius 3 is 2.55 bits per heavy atom. The second-order valence-corrected chi connectivity index (χ2v) is 7.09. The number of hydrogen-bond donors (Lipinski definition) is 2. The summed E-state index contributed by atoms with van der Waals surface area (Å²) in [6.45, 7) is 0. The highest BCUT2D eigenvalue weighted by Gasteiger charge is 2.35. The van der Waals surface area contributed by atoms with E-state index in [1.165, 1.54) is 17.5 Å². The zero-order valence-electron chi connectivity index (χ0n) is 9.71. The van der Waals surface area contributed by atoms with Crippen LogP contribution in [0, 0.1) is 0 Å². The molecule has 3 nitrogen and oxygen atoms in total. The third kappa shape index (κ3) is 3.22. The number of aromatic nitrogens is 1. The van der Waals surface area contributed by atoms with Gasteiger partial charge in [-0.15, -0.1) is 11.3 Å². The molecule has 0 saturated carbocycles. The first-order valence-electron chi connectivity index (χ1n) is 5.26. The molecule has 0 spiro atoms. The summed E-state index contributed by atoms with van der Waals surface area (Å²) in [6, 6.07) is 1.87. The minimum atomic E-state index is -4.46. The van der Waals surface area contributed by atoms with Gasteiger partial charge in [-0.05, 0) is 44.0 Å². The van der Waals surface area contributed by atoms with Crippen LogP contribution in [0.5, 0.6) is 0 Å². The molecule has 20 heavy (non-hydrogen) atoms. The molecular weight excluding hydrogens is 423 g/mol. The number of nitrogens with one attached hydrogen (secondary N) is 1. The summed E-state index contributed by atoms with van der Waals surface area (Å²) in [5.41, 5.74) is 1.65. The van der Waals surface area contributed by atoms with Crippen LogP contribution in [0.2, 0.25) is 0 Å². The molecule has 1 unspecified atom stereocenters. The molecule has 2 aromatic heterocycles. The molecule has 0 fully saturated rings. The molecule has 2 aromatic rings. The average Bonchev–Trinajstić information content (AvgIpc) is 2.70. The van der Waals surface area contributed by atoms with Gasteiger partial charge in [0.1, 0.15) is 0 Å². The third-order valence-electron chi connectivity index (χ3n) is 2.58. The summed E-state index contributed by atoms with van der Waals surface area (Å²) in [4.78, 5) is 4.41. The Hall–Kier alpha value is -0.480. The van der Waals surface area contributed by atoms with E-state index in [0.29, 0.717) is 4.88 Å². The standard InChI is InChI=1S/C11H8Br2F3N3S/c12-7-3-8(20-10(7)13)9(19-17)5-4-18-2-1-6(5)11(14,15)16/h1-4,9,19H,17H2. The van der Waals surface area contributed by atoms with E-state index in [-0.39, 0.29) is 5.56 Å². The highest BCUT2D eigenvalue weighted by atomic mass is 79.9. The first-order valence-corrected chi connectivity index (χ1v) is 7.66. The van der Waals surface area contributed by atoms with Crippen molar-refractivity contribution < 1.29 is 13.2 Å². The van der Waals surface area contributed by atoms with Crippen LogP contribution in [0.1, 0.15) is 22.0 Å². The third-order valence-corrected chi connectivity index (χ3v) is 5.90. The Balaban J connectivity index is 2.53. The lowest BCUT2D eigenvalue weighted by Gasteiger charge is -2.19. The Bertz CT molecular complexity index is 596. The highest BCUT2D eigenvalue weighted by molar-refractivity contribution is 9.13. The number of hydrogen-bond acceptors (Lipinski definition) is 4. The molecule has 0 saturated heterocycles. The van der Waals surface area contributed by atoms with Crippen molar-refractivity contribution in [3.8, 4) is 0 Å². The van der Waals surface area contributed by atoms with Crippen molar-refractivity contribution in [2.24, 2.45) is 5.84 Å². The largest absolute Gasteiger partial charge is 0.416 e. The molecule has 0 radical (unpaired) electrons. The minimum absolute atomic E-state index is 0.0104. The van der Waals surface area contributed by atoms with E-state index in [1.807, 2.05) is 0 Å². The van der Waals surface area contributed by atoms with Crippen molar-refractivity contribution in [2.75, 3.05) is 0 Å². The smallest absolute Gasteiger partial charge is 0.271 e. The van der Waals surface area contributed by atoms with E-state index in [4.69, 9.17) is 5.84 Å². The fraction of sp³-hybridized carbons (Fsp3) is 0.182. The zero-order chi connectivity index (χ0) is 14.9. The zero-order valence-corrected chi connectivity index (χ0v) is 13.7. The molecule has 0 aromatic carbocycles. The molecule has 0 aliphatic heterocycles. The topological polar surface area (TPSA) is 50.9 Å². The number of alkyl halides is 3. The van der Waals surface area contributed by atoms with Gasteiger partial charge < -0.3 is 0 Å². The van der Waals surface area contributed by atoms with Gasteiger partial charge in [0.15, 0.2) is 0 Å². The van der Waals surface area contributed by atoms with Crippen LogP contribution in [0.15, 0.2) is 32.8 Å². The van der Waals surface area contributed by atoms with E-state index in [0.717, 1.165) is 20.5 Å². The lowest BCUT2D eigenvalue weighted by atomic mass is 10.0. The van der Waals surface area contributed by atoms with Gasteiger partial charge in [0.05, 0.1) is 15.4 Å². The van der Waals surface area contributed by atoms with E-state index in [9.17, 15) is 13.2 Å². The first kappa shape index (κ1) is 15.9. The number of hydrazine groups is 1. The maximum atomic E-state index is 13.0. The summed E-state index contributed by atoms with van der Waals surface area (Å²) >= 11 is 7.90. The summed E-state index contributed by atoms with van der Waals surface area (Å²) in [5, 5.41) is 0. The Morgan fingerprint density at radius 2 is 2.05 bits per heavy atom. The summed E-state index contributed by atoms with van der Waals surface area (Å²) < 4.78 is 40.6. The van der Waals surface area contributed by atoms with E-state index < -0.39 is 17.8 Å². The number of thiophene rings is 1. The molecule has 108 valence electrons. The van der Waals surface area contributed by atoms with Gasteiger partial charge in [-0.2, -0.15) is 13.2 Å². The van der Waals surface area contributed by atoms with Gasteiger partial charge in [-0.3, -0.25) is 10.8 Å². The van der Waals surface area contributed by atoms with Gasteiger partial charge in [0.2, 0.25) is 0 Å². The monoisotopic (exact) mass is 429 g/mol. The quantitative estimate of drug-likeness (QED) is 0.565. The second kappa shape index (κ2) is 6.10.